The average molecular weight is 512 g/mol. The fourth-order valence-corrected chi connectivity index (χ4v) is 4.62. The number of anilines is 1. The first-order valence-corrected chi connectivity index (χ1v) is 11.9. The summed E-state index contributed by atoms with van der Waals surface area (Å²) in [6.07, 6.45) is -0.401. The van der Waals surface area contributed by atoms with E-state index in [1.165, 1.54) is 6.07 Å². The third kappa shape index (κ3) is 4.62. The third-order valence-corrected chi connectivity index (χ3v) is 7.00. The molecule has 2 aliphatic rings. The molecule has 2 fully saturated rings. The highest BCUT2D eigenvalue weighted by atomic mass is 19.3. The summed E-state index contributed by atoms with van der Waals surface area (Å²) in [5.41, 5.74) is 1.23. The van der Waals surface area contributed by atoms with Crippen molar-refractivity contribution in [3.63, 3.8) is 0 Å². The van der Waals surface area contributed by atoms with Crippen LogP contribution in [-0.2, 0) is 0 Å². The molecule has 2 aromatic heterocycles. The molecule has 2 atom stereocenters. The van der Waals surface area contributed by atoms with Gasteiger partial charge >= 0.3 is 0 Å². The number of halogens is 3. The molecule has 0 radical (unpaired) electrons. The van der Waals surface area contributed by atoms with E-state index >= 15 is 4.39 Å². The van der Waals surface area contributed by atoms with Crippen molar-refractivity contribution in [1.29, 1.82) is 5.26 Å². The maximum Gasteiger partial charge on any atom is 0.270 e. The molecule has 0 spiro atoms. The first kappa shape index (κ1) is 24.7. The van der Waals surface area contributed by atoms with Crippen LogP contribution in [-0.4, -0.2) is 63.9 Å². The lowest BCUT2D eigenvalue weighted by molar-refractivity contribution is 0.0845. The van der Waals surface area contributed by atoms with E-state index < -0.39 is 35.7 Å². The molecule has 1 saturated carbocycles. The Morgan fingerprint density at radius 3 is 2.57 bits per heavy atom. The van der Waals surface area contributed by atoms with Crippen molar-refractivity contribution in [2.45, 2.75) is 38.3 Å². The standard InChI is InChI=1S/C25H24F3N7O2/c1-13-23(36)33-22-16(30-13)4-3-15(21(22)26)14(2)34-7-9-35(10-8-34)19-6-5-17(31-18(19)12-29)24(37)32-20-11-25(20,27)28/h3-6,14,20H,7-11H2,1-2H3,(H,32,37)(H,33,36). The summed E-state index contributed by atoms with van der Waals surface area (Å²) in [7, 11) is 0. The summed E-state index contributed by atoms with van der Waals surface area (Å²) < 4.78 is 41.5. The van der Waals surface area contributed by atoms with Crippen LogP contribution < -0.4 is 15.8 Å². The zero-order chi connectivity index (χ0) is 26.5. The van der Waals surface area contributed by atoms with E-state index in [1.807, 2.05) is 17.9 Å². The molecule has 192 valence electrons. The number of nitrogens with zero attached hydrogens (tertiary/aromatic N) is 5. The summed E-state index contributed by atoms with van der Waals surface area (Å²) in [5.74, 6) is -4.15. The normalized spacial score (nSPS) is 19.9. The van der Waals surface area contributed by atoms with Crippen LogP contribution in [0, 0.1) is 24.1 Å². The molecule has 1 aliphatic carbocycles. The minimum atomic E-state index is -2.90. The van der Waals surface area contributed by atoms with Crippen LogP contribution in [0.15, 0.2) is 29.1 Å². The molecule has 3 heterocycles. The minimum absolute atomic E-state index is 0.0315. The average Bonchev–Trinajstić information content (AvgIpc) is 3.49. The Bertz CT molecular complexity index is 1490. The molecule has 1 saturated heterocycles. The van der Waals surface area contributed by atoms with Crippen molar-refractivity contribution < 1.29 is 18.0 Å². The molecular weight excluding hydrogens is 487 g/mol. The van der Waals surface area contributed by atoms with Crippen LogP contribution in [0.3, 0.4) is 0 Å². The van der Waals surface area contributed by atoms with Gasteiger partial charge in [-0.2, -0.15) is 5.26 Å². The van der Waals surface area contributed by atoms with E-state index in [1.54, 1.807) is 25.1 Å². The molecule has 2 N–H and O–H groups in total. The van der Waals surface area contributed by atoms with Crippen molar-refractivity contribution in [2.75, 3.05) is 31.1 Å². The van der Waals surface area contributed by atoms with Crippen molar-refractivity contribution in [1.82, 2.24) is 25.2 Å². The van der Waals surface area contributed by atoms with E-state index in [-0.39, 0.29) is 28.6 Å². The number of amides is 1. The Kier molecular flexibility index (Phi) is 6.11. The van der Waals surface area contributed by atoms with Gasteiger partial charge in [-0.25, -0.2) is 23.1 Å². The number of carbonyl (C=O) groups excluding carboxylic acids is 1. The highest BCUT2D eigenvalue weighted by molar-refractivity contribution is 5.93. The van der Waals surface area contributed by atoms with Gasteiger partial charge in [0.2, 0.25) is 0 Å². The fourth-order valence-electron chi connectivity index (χ4n) is 4.62. The third-order valence-electron chi connectivity index (χ3n) is 7.00. The van der Waals surface area contributed by atoms with Crippen LogP contribution in [0.25, 0.3) is 11.0 Å². The summed E-state index contributed by atoms with van der Waals surface area (Å²) >= 11 is 0. The van der Waals surface area contributed by atoms with Gasteiger partial charge in [0.15, 0.2) is 11.5 Å². The Balaban J connectivity index is 1.28. The molecule has 1 aliphatic heterocycles. The molecule has 3 aromatic rings. The number of nitriles is 1. The van der Waals surface area contributed by atoms with E-state index in [2.05, 4.69) is 25.2 Å². The highest BCUT2D eigenvalue weighted by Crippen LogP contribution is 2.41. The lowest BCUT2D eigenvalue weighted by Crippen LogP contribution is -2.47. The number of nitrogens with one attached hydrogen (secondary N) is 2. The number of alkyl halides is 2. The van der Waals surface area contributed by atoms with Crippen LogP contribution in [0.5, 0.6) is 0 Å². The quantitative estimate of drug-likeness (QED) is 0.541. The SMILES string of the molecule is Cc1nc2ccc(C(C)N3CCN(c4ccc(C(=O)NC5CC5(F)F)nc4C#N)CC3)c(F)c2[nH]c1=O. The summed E-state index contributed by atoms with van der Waals surface area (Å²) in [6.45, 7) is 5.62. The number of pyridine rings is 1. The van der Waals surface area contributed by atoms with Gasteiger partial charge in [-0.1, -0.05) is 6.07 Å². The first-order chi connectivity index (χ1) is 17.6. The van der Waals surface area contributed by atoms with Gasteiger partial charge in [-0.05, 0) is 32.0 Å². The largest absolute Gasteiger partial charge is 0.367 e. The number of benzene rings is 1. The van der Waals surface area contributed by atoms with E-state index in [0.717, 1.165) is 0 Å². The van der Waals surface area contributed by atoms with E-state index in [9.17, 15) is 23.6 Å². The topological polar surface area (TPSA) is 118 Å². The number of aromatic amines is 1. The Morgan fingerprint density at radius 1 is 1.22 bits per heavy atom. The number of aryl methyl sites for hydroxylation is 1. The summed E-state index contributed by atoms with van der Waals surface area (Å²) in [4.78, 5) is 39.1. The van der Waals surface area contributed by atoms with Gasteiger partial charge in [0.1, 0.15) is 23.0 Å². The number of hydrogen-bond acceptors (Lipinski definition) is 7. The lowest BCUT2D eigenvalue weighted by Gasteiger charge is -2.39. The Labute approximate surface area is 209 Å². The van der Waals surface area contributed by atoms with Crippen LogP contribution >= 0.6 is 0 Å². The van der Waals surface area contributed by atoms with Gasteiger partial charge in [-0.15, -0.1) is 0 Å². The lowest BCUT2D eigenvalue weighted by atomic mass is 10.0. The number of hydrogen-bond donors (Lipinski definition) is 2. The van der Waals surface area contributed by atoms with Crippen LogP contribution in [0.2, 0.25) is 0 Å². The maximum atomic E-state index is 15.3. The number of H-pyrrole nitrogens is 1. The Hall–Kier alpha value is -3.98. The molecular formula is C25H24F3N7O2. The Morgan fingerprint density at radius 2 is 1.92 bits per heavy atom. The molecule has 12 heteroatoms. The van der Waals surface area contributed by atoms with Crippen LogP contribution in [0.1, 0.15) is 46.8 Å². The van der Waals surface area contributed by atoms with Gasteiger partial charge in [-0.3, -0.25) is 14.5 Å². The number of piperazine rings is 1. The van der Waals surface area contributed by atoms with Gasteiger partial charge in [0.25, 0.3) is 17.4 Å². The molecule has 5 rings (SSSR count). The zero-order valence-electron chi connectivity index (χ0n) is 20.2. The summed E-state index contributed by atoms with van der Waals surface area (Å²) in [6, 6.07) is 6.89. The second kappa shape index (κ2) is 9.15. The predicted octanol–water partition coefficient (Wildman–Crippen LogP) is 2.66. The second-order valence-corrected chi connectivity index (χ2v) is 9.38. The monoisotopic (exact) mass is 511 g/mol. The molecule has 37 heavy (non-hydrogen) atoms. The van der Waals surface area contributed by atoms with Crippen LogP contribution in [0.4, 0.5) is 18.9 Å². The van der Waals surface area contributed by atoms with Crippen molar-refractivity contribution in [3.05, 3.63) is 63.1 Å². The van der Waals surface area contributed by atoms with Crippen molar-refractivity contribution in [3.8, 4) is 6.07 Å². The number of fused-ring (bicyclic) bond motifs is 1. The van der Waals surface area contributed by atoms with Crippen molar-refractivity contribution >= 4 is 22.6 Å². The van der Waals surface area contributed by atoms with Crippen molar-refractivity contribution in [2.24, 2.45) is 0 Å². The van der Waals surface area contributed by atoms with E-state index in [4.69, 9.17) is 0 Å². The zero-order valence-corrected chi connectivity index (χ0v) is 20.2. The highest BCUT2D eigenvalue weighted by Gasteiger charge is 2.58. The van der Waals surface area contributed by atoms with Gasteiger partial charge < -0.3 is 15.2 Å². The minimum Gasteiger partial charge on any atom is -0.367 e. The predicted molar refractivity (Wildman–Crippen MR) is 129 cm³/mol. The number of rotatable bonds is 5. The molecule has 2 unspecified atom stereocenters. The second-order valence-electron chi connectivity index (χ2n) is 9.38. The smallest absolute Gasteiger partial charge is 0.270 e. The van der Waals surface area contributed by atoms with Gasteiger partial charge in [0.05, 0.1) is 17.2 Å². The molecule has 1 amide bonds. The van der Waals surface area contributed by atoms with E-state index in [0.29, 0.717) is 42.9 Å². The molecule has 0 bridgehead atoms. The molecule has 1 aromatic carbocycles. The van der Waals surface area contributed by atoms with Gasteiger partial charge in [0, 0.05) is 44.2 Å². The fraction of sp³-hybridized carbons (Fsp3) is 0.400. The molecule has 9 nitrogen and oxygen atoms in total. The number of aromatic nitrogens is 3. The first-order valence-electron chi connectivity index (χ1n) is 11.9. The summed E-state index contributed by atoms with van der Waals surface area (Å²) in [5, 5.41) is 11.8. The number of carbonyl (C=O) groups is 1. The maximum absolute atomic E-state index is 15.3.